The Bertz CT molecular complexity index is 427. The van der Waals surface area contributed by atoms with E-state index in [-0.39, 0.29) is 0 Å². The van der Waals surface area contributed by atoms with Gasteiger partial charge >= 0.3 is 0 Å². The van der Waals surface area contributed by atoms with Crippen LogP contribution in [0.4, 0.5) is 0 Å². The van der Waals surface area contributed by atoms with Crippen LogP contribution in [0, 0.1) is 6.92 Å². The predicted octanol–water partition coefficient (Wildman–Crippen LogP) is 3.66. The van der Waals surface area contributed by atoms with Crippen LogP contribution in [-0.4, -0.2) is 10.9 Å². The molecule has 1 aromatic carbocycles. The van der Waals surface area contributed by atoms with E-state index in [0.717, 1.165) is 5.70 Å². The lowest BCUT2D eigenvalue weighted by Crippen LogP contribution is -2.25. The summed E-state index contributed by atoms with van der Waals surface area (Å²) in [7, 11) is 0. The van der Waals surface area contributed by atoms with E-state index in [1.54, 1.807) is 0 Å². The fraction of sp³-hybridized carbons (Fsp3) is 0.286. The zero-order chi connectivity index (χ0) is 11.0. The number of rotatable bonds is 1. The first kappa shape index (κ1) is 10.0. The molecule has 1 aliphatic heterocycles. The Morgan fingerprint density at radius 3 is 2.67 bits per heavy atom. The minimum atomic E-state index is 0.461. The number of hydrogen-bond donors (Lipinski definition) is 0. The Kier molecular flexibility index (Phi) is 2.39. The van der Waals surface area contributed by atoms with E-state index < -0.39 is 0 Å². The molecule has 1 aliphatic rings. The molecule has 0 saturated carbocycles. The lowest BCUT2D eigenvalue weighted by Gasteiger charge is -2.31. The van der Waals surface area contributed by atoms with Crippen molar-refractivity contribution in [3.8, 4) is 0 Å². The van der Waals surface area contributed by atoms with E-state index in [9.17, 15) is 0 Å². The summed E-state index contributed by atoms with van der Waals surface area (Å²) in [6.07, 6.45) is 4.28. The van der Waals surface area contributed by atoms with Crippen LogP contribution in [0.3, 0.4) is 0 Å². The fourth-order valence-electron chi connectivity index (χ4n) is 1.96. The van der Waals surface area contributed by atoms with Crippen LogP contribution in [0.2, 0.25) is 0 Å². The van der Waals surface area contributed by atoms with Crippen LogP contribution in [-0.2, 0) is 0 Å². The molecule has 1 nitrogen and oxygen atoms in total. The number of fused-ring (bicyclic) bond motifs is 1. The van der Waals surface area contributed by atoms with Gasteiger partial charge in [0.05, 0.1) is 0 Å². The summed E-state index contributed by atoms with van der Waals surface area (Å²) in [6.45, 7) is 10.6. The van der Waals surface area contributed by atoms with Crippen LogP contribution < -0.4 is 0 Å². The summed E-state index contributed by atoms with van der Waals surface area (Å²) >= 11 is 0. The first-order chi connectivity index (χ1) is 7.09. The molecule has 1 heteroatoms. The van der Waals surface area contributed by atoms with Gasteiger partial charge in [-0.2, -0.15) is 0 Å². The third-order valence-electron chi connectivity index (χ3n) is 2.80. The molecule has 0 aromatic heterocycles. The normalized spacial score (nSPS) is 14.7. The van der Waals surface area contributed by atoms with Gasteiger partial charge in [-0.05, 0) is 32.4 Å². The van der Waals surface area contributed by atoms with Gasteiger partial charge in [0.1, 0.15) is 0 Å². The van der Waals surface area contributed by atoms with Crippen molar-refractivity contribution < 1.29 is 0 Å². The summed E-state index contributed by atoms with van der Waals surface area (Å²) in [4.78, 5) is 2.21. The summed E-state index contributed by atoms with van der Waals surface area (Å²) in [5.74, 6) is 0. The molecule has 78 valence electrons. The second kappa shape index (κ2) is 3.58. The van der Waals surface area contributed by atoms with Gasteiger partial charge < -0.3 is 4.90 Å². The van der Waals surface area contributed by atoms with Gasteiger partial charge in [-0.1, -0.05) is 30.3 Å². The molecule has 0 N–H and O–H groups in total. The van der Waals surface area contributed by atoms with Gasteiger partial charge in [0.25, 0.3) is 0 Å². The van der Waals surface area contributed by atoms with Crippen molar-refractivity contribution in [2.24, 2.45) is 0 Å². The zero-order valence-electron chi connectivity index (χ0n) is 9.62. The average molecular weight is 199 g/mol. The molecule has 0 unspecified atom stereocenters. The largest absolute Gasteiger partial charge is 0.345 e. The van der Waals surface area contributed by atoms with Crippen LogP contribution in [0.25, 0.3) is 11.8 Å². The van der Waals surface area contributed by atoms with Gasteiger partial charge in [-0.25, -0.2) is 0 Å². The molecule has 2 rings (SSSR count). The Labute approximate surface area is 91.7 Å². The third kappa shape index (κ3) is 1.70. The lowest BCUT2D eigenvalue weighted by atomic mass is 9.98. The molecule has 0 bridgehead atoms. The van der Waals surface area contributed by atoms with E-state index >= 15 is 0 Å². The number of hydrogen-bond acceptors (Lipinski definition) is 1. The molecule has 1 aromatic rings. The Balaban J connectivity index is 2.47. The highest BCUT2D eigenvalue weighted by molar-refractivity contribution is 5.77. The average Bonchev–Trinajstić information content (AvgIpc) is 2.17. The highest BCUT2D eigenvalue weighted by Gasteiger charge is 2.16. The molecule has 0 spiro atoms. The second-order valence-electron chi connectivity index (χ2n) is 4.35. The van der Waals surface area contributed by atoms with Gasteiger partial charge in [-0.15, -0.1) is 0 Å². The van der Waals surface area contributed by atoms with E-state index in [1.807, 2.05) is 0 Å². The molecule has 0 radical (unpaired) electrons. The monoisotopic (exact) mass is 199 g/mol. The van der Waals surface area contributed by atoms with Crippen molar-refractivity contribution in [2.45, 2.75) is 26.8 Å². The van der Waals surface area contributed by atoms with E-state index in [1.165, 1.54) is 16.7 Å². The Morgan fingerprint density at radius 1 is 1.27 bits per heavy atom. The molecule has 0 atom stereocenters. The highest BCUT2D eigenvalue weighted by atomic mass is 15.1. The smallest absolute Gasteiger partial charge is 0.0415 e. The van der Waals surface area contributed by atoms with E-state index in [2.05, 4.69) is 62.7 Å². The number of aryl methyl sites for hydroxylation is 1. The molecule has 1 heterocycles. The zero-order valence-corrected chi connectivity index (χ0v) is 9.62. The highest BCUT2D eigenvalue weighted by Crippen LogP contribution is 2.29. The number of benzene rings is 1. The second-order valence-corrected chi connectivity index (χ2v) is 4.35. The fourth-order valence-corrected chi connectivity index (χ4v) is 1.96. The van der Waals surface area contributed by atoms with Crippen molar-refractivity contribution in [2.75, 3.05) is 0 Å². The predicted molar refractivity (Wildman–Crippen MR) is 66.2 cm³/mol. The maximum Gasteiger partial charge on any atom is 0.0415 e. The Morgan fingerprint density at radius 2 is 2.00 bits per heavy atom. The van der Waals surface area contributed by atoms with E-state index in [0.29, 0.717) is 6.04 Å². The molecule has 0 saturated heterocycles. The SMILES string of the molecule is C=C1c2ccc(C)cc2C=CN1C(C)C. The molecule has 0 fully saturated rings. The van der Waals surface area contributed by atoms with Crippen molar-refractivity contribution in [1.29, 1.82) is 0 Å². The first-order valence-corrected chi connectivity index (χ1v) is 5.36. The third-order valence-corrected chi connectivity index (χ3v) is 2.80. The summed E-state index contributed by atoms with van der Waals surface area (Å²) in [5.41, 5.74) is 4.92. The summed E-state index contributed by atoms with van der Waals surface area (Å²) in [5, 5.41) is 0. The maximum absolute atomic E-state index is 4.16. The first-order valence-electron chi connectivity index (χ1n) is 5.36. The van der Waals surface area contributed by atoms with Gasteiger partial charge in [0.15, 0.2) is 0 Å². The van der Waals surface area contributed by atoms with Crippen molar-refractivity contribution >= 4 is 11.8 Å². The van der Waals surface area contributed by atoms with Crippen molar-refractivity contribution in [3.63, 3.8) is 0 Å². The topological polar surface area (TPSA) is 3.24 Å². The van der Waals surface area contributed by atoms with Crippen LogP contribution in [0.5, 0.6) is 0 Å². The standard InChI is InChI=1S/C14H17N/c1-10(2)15-8-7-13-9-11(3)5-6-14(13)12(15)4/h5-10H,4H2,1-3H3. The molecular weight excluding hydrogens is 182 g/mol. The van der Waals surface area contributed by atoms with Gasteiger partial charge in [0.2, 0.25) is 0 Å². The maximum atomic E-state index is 4.16. The molecule has 15 heavy (non-hydrogen) atoms. The van der Waals surface area contributed by atoms with Gasteiger partial charge in [-0.3, -0.25) is 0 Å². The lowest BCUT2D eigenvalue weighted by molar-refractivity contribution is 0.438. The molecule has 0 aliphatic carbocycles. The van der Waals surface area contributed by atoms with Crippen LogP contribution in [0.15, 0.2) is 31.0 Å². The minimum absolute atomic E-state index is 0.461. The molecule has 0 amide bonds. The van der Waals surface area contributed by atoms with Crippen molar-refractivity contribution in [1.82, 2.24) is 4.90 Å². The van der Waals surface area contributed by atoms with Crippen LogP contribution in [0.1, 0.15) is 30.5 Å². The van der Waals surface area contributed by atoms with Crippen molar-refractivity contribution in [3.05, 3.63) is 47.7 Å². The summed E-state index contributed by atoms with van der Waals surface area (Å²) < 4.78 is 0. The summed E-state index contributed by atoms with van der Waals surface area (Å²) in [6, 6.07) is 6.96. The van der Waals surface area contributed by atoms with E-state index in [4.69, 9.17) is 0 Å². The van der Waals surface area contributed by atoms with Gasteiger partial charge in [0, 0.05) is 23.5 Å². The minimum Gasteiger partial charge on any atom is -0.345 e. The quantitative estimate of drug-likeness (QED) is 0.667. The Hall–Kier alpha value is -1.50. The van der Waals surface area contributed by atoms with Crippen LogP contribution >= 0.6 is 0 Å². The number of nitrogens with zero attached hydrogens (tertiary/aromatic N) is 1. The molecular formula is C14H17N.